The SMILES string of the molecule is CCCNC(C)c1nnc(NC2CCC(=O)N(C)C2=O)o1. The summed E-state index contributed by atoms with van der Waals surface area (Å²) >= 11 is 0. The molecule has 21 heavy (non-hydrogen) atoms. The summed E-state index contributed by atoms with van der Waals surface area (Å²) in [6.07, 6.45) is 1.78. The van der Waals surface area contributed by atoms with Crippen LogP contribution in [0.1, 0.15) is 45.0 Å². The second kappa shape index (κ2) is 6.66. The molecule has 0 radical (unpaired) electrons. The number of amides is 2. The number of piperidine rings is 1. The lowest BCUT2D eigenvalue weighted by atomic mass is 10.1. The van der Waals surface area contributed by atoms with Gasteiger partial charge in [0.1, 0.15) is 6.04 Å². The number of likely N-dealkylation sites (tertiary alicyclic amines) is 1. The zero-order chi connectivity index (χ0) is 15.4. The van der Waals surface area contributed by atoms with Gasteiger partial charge >= 0.3 is 6.01 Å². The maximum absolute atomic E-state index is 12.0. The van der Waals surface area contributed by atoms with Crippen LogP contribution in [0.3, 0.4) is 0 Å². The van der Waals surface area contributed by atoms with Gasteiger partial charge in [-0.15, -0.1) is 5.10 Å². The smallest absolute Gasteiger partial charge is 0.316 e. The summed E-state index contributed by atoms with van der Waals surface area (Å²) in [6.45, 7) is 4.87. The Balaban J connectivity index is 1.96. The van der Waals surface area contributed by atoms with Gasteiger partial charge in [-0.05, 0) is 26.3 Å². The van der Waals surface area contributed by atoms with Gasteiger partial charge in [-0.1, -0.05) is 12.0 Å². The summed E-state index contributed by atoms with van der Waals surface area (Å²) in [5, 5.41) is 14.0. The van der Waals surface area contributed by atoms with E-state index in [1.807, 2.05) is 6.92 Å². The molecule has 0 aliphatic carbocycles. The topological polar surface area (TPSA) is 100 Å². The maximum Gasteiger partial charge on any atom is 0.316 e. The largest absolute Gasteiger partial charge is 0.406 e. The Labute approximate surface area is 123 Å². The highest BCUT2D eigenvalue weighted by atomic mass is 16.4. The van der Waals surface area contributed by atoms with Gasteiger partial charge in [-0.2, -0.15) is 0 Å². The van der Waals surface area contributed by atoms with E-state index in [9.17, 15) is 9.59 Å². The molecular formula is C13H21N5O3. The molecule has 1 aliphatic rings. The van der Waals surface area contributed by atoms with Crippen molar-refractivity contribution >= 4 is 17.8 Å². The second-order valence-electron chi connectivity index (χ2n) is 5.15. The Morgan fingerprint density at radius 2 is 2.19 bits per heavy atom. The van der Waals surface area contributed by atoms with Crippen molar-refractivity contribution in [2.75, 3.05) is 18.9 Å². The highest BCUT2D eigenvalue weighted by Gasteiger charge is 2.32. The lowest BCUT2D eigenvalue weighted by Crippen LogP contribution is -2.48. The Hall–Kier alpha value is -1.96. The number of anilines is 1. The second-order valence-corrected chi connectivity index (χ2v) is 5.15. The van der Waals surface area contributed by atoms with E-state index in [2.05, 4.69) is 27.8 Å². The van der Waals surface area contributed by atoms with E-state index in [-0.39, 0.29) is 23.9 Å². The van der Waals surface area contributed by atoms with Crippen molar-refractivity contribution in [2.45, 2.75) is 45.2 Å². The molecule has 1 aliphatic heterocycles. The first-order valence-corrected chi connectivity index (χ1v) is 7.16. The van der Waals surface area contributed by atoms with Crippen LogP contribution in [0, 0.1) is 0 Å². The van der Waals surface area contributed by atoms with Gasteiger partial charge in [-0.25, -0.2) is 0 Å². The van der Waals surface area contributed by atoms with Gasteiger partial charge in [0.05, 0.1) is 6.04 Å². The monoisotopic (exact) mass is 295 g/mol. The molecule has 8 heteroatoms. The molecule has 8 nitrogen and oxygen atoms in total. The minimum absolute atomic E-state index is 0.0423. The molecule has 2 atom stereocenters. The molecule has 0 aromatic carbocycles. The van der Waals surface area contributed by atoms with Gasteiger partial charge in [0.2, 0.25) is 11.8 Å². The van der Waals surface area contributed by atoms with E-state index in [1.54, 1.807) is 0 Å². The Morgan fingerprint density at radius 1 is 1.43 bits per heavy atom. The van der Waals surface area contributed by atoms with Crippen LogP contribution in [-0.2, 0) is 9.59 Å². The van der Waals surface area contributed by atoms with Crippen molar-refractivity contribution < 1.29 is 14.0 Å². The van der Waals surface area contributed by atoms with Crippen molar-refractivity contribution in [1.82, 2.24) is 20.4 Å². The highest BCUT2D eigenvalue weighted by Crippen LogP contribution is 2.18. The lowest BCUT2D eigenvalue weighted by Gasteiger charge is -2.27. The number of aromatic nitrogens is 2. The van der Waals surface area contributed by atoms with Gasteiger partial charge in [0.25, 0.3) is 5.91 Å². The van der Waals surface area contributed by atoms with E-state index >= 15 is 0 Å². The molecule has 0 spiro atoms. The van der Waals surface area contributed by atoms with Crippen molar-refractivity contribution in [2.24, 2.45) is 0 Å². The molecule has 1 fully saturated rings. The molecule has 2 amide bonds. The summed E-state index contributed by atoms with van der Waals surface area (Å²) < 4.78 is 5.50. The standard InChI is InChI=1S/C13H21N5O3/c1-4-7-14-8(2)11-16-17-13(21-11)15-9-5-6-10(19)18(3)12(9)20/h8-9,14H,4-7H2,1-3H3,(H,15,17). The molecule has 116 valence electrons. The summed E-state index contributed by atoms with van der Waals surface area (Å²) in [5.74, 6) is 0.0310. The van der Waals surface area contributed by atoms with E-state index in [0.29, 0.717) is 18.7 Å². The number of hydrogen-bond donors (Lipinski definition) is 2. The Kier molecular flexibility index (Phi) is 4.89. The van der Waals surface area contributed by atoms with Crippen molar-refractivity contribution in [3.8, 4) is 0 Å². The van der Waals surface area contributed by atoms with E-state index < -0.39 is 6.04 Å². The molecule has 2 unspecified atom stereocenters. The molecule has 1 saturated heterocycles. The van der Waals surface area contributed by atoms with E-state index in [1.165, 1.54) is 7.05 Å². The fraction of sp³-hybridized carbons (Fsp3) is 0.692. The van der Waals surface area contributed by atoms with Gasteiger partial charge < -0.3 is 15.1 Å². The average Bonchev–Trinajstić information content (AvgIpc) is 2.94. The van der Waals surface area contributed by atoms with Crippen LogP contribution in [0.4, 0.5) is 6.01 Å². The summed E-state index contributed by atoms with van der Waals surface area (Å²) in [7, 11) is 1.48. The lowest BCUT2D eigenvalue weighted by molar-refractivity contribution is -0.146. The van der Waals surface area contributed by atoms with Crippen LogP contribution >= 0.6 is 0 Å². The molecule has 0 bridgehead atoms. The van der Waals surface area contributed by atoms with Gasteiger partial charge in [0.15, 0.2) is 0 Å². The summed E-state index contributed by atoms with van der Waals surface area (Å²) in [5.41, 5.74) is 0. The van der Waals surface area contributed by atoms with E-state index in [0.717, 1.165) is 17.9 Å². The van der Waals surface area contributed by atoms with Crippen LogP contribution < -0.4 is 10.6 Å². The molecular weight excluding hydrogens is 274 g/mol. The molecule has 2 heterocycles. The fourth-order valence-corrected chi connectivity index (χ4v) is 2.11. The third kappa shape index (κ3) is 3.57. The number of nitrogens with zero attached hydrogens (tertiary/aromatic N) is 3. The number of rotatable bonds is 6. The predicted octanol–water partition coefficient (Wildman–Crippen LogP) is 0.690. The molecule has 1 aromatic rings. The number of nitrogens with one attached hydrogen (secondary N) is 2. The minimum atomic E-state index is -0.500. The summed E-state index contributed by atoms with van der Waals surface area (Å²) in [6, 6.07) is -0.338. The van der Waals surface area contributed by atoms with Crippen LogP contribution in [0.5, 0.6) is 0 Å². The van der Waals surface area contributed by atoms with Crippen LogP contribution in [0.2, 0.25) is 0 Å². The highest BCUT2D eigenvalue weighted by molar-refractivity contribution is 6.01. The Bertz CT molecular complexity index is 516. The zero-order valence-corrected chi connectivity index (χ0v) is 12.5. The number of carbonyl (C=O) groups is 2. The van der Waals surface area contributed by atoms with Gasteiger partial charge in [0, 0.05) is 13.5 Å². The minimum Gasteiger partial charge on any atom is -0.406 e. The van der Waals surface area contributed by atoms with Crippen LogP contribution in [-0.4, -0.2) is 46.5 Å². The van der Waals surface area contributed by atoms with Gasteiger partial charge in [-0.3, -0.25) is 14.5 Å². The number of likely N-dealkylation sites (N-methyl/N-ethyl adjacent to an activating group) is 1. The number of hydrogen-bond acceptors (Lipinski definition) is 7. The molecule has 1 aromatic heterocycles. The first-order chi connectivity index (χ1) is 10.0. The van der Waals surface area contributed by atoms with Crippen molar-refractivity contribution in [1.29, 1.82) is 0 Å². The quantitative estimate of drug-likeness (QED) is 0.745. The number of imide groups is 1. The third-order valence-electron chi connectivity index (χ3n) is 3.46. The predicted molar refractivity (Wildman–Crippen MR) is 75.4 cm³/mol. The third-order valence-corrected chi connectivity index (χ3v) is 3.46. The summed E-state index contributed by atoms with van der Waals surface area (Å²) in [4.78, 5) is 24.5. The first kappa shape index (κ1) is 15.4. The first-order valence-electron chi connectivity index (χ1n) is 7.16. The zero-order valence-electron chi connectivity index (χ0n) is 12.5. The normalized spacial score (nSPS) is 20.7. The van der Waals surface area contributed by atoms with Crippen molar-refractivity contribution in [3.05, 3.63) is 5.89 Å². The molecule has 2 rings (SSSR count). The Morgan fingerprint density at radius 3 is 2.90 bits per heavy atom. The van der Waals surface area contributed by atoms with Crippen LogP contribution in [0.25, 0.3) is 0 Å². The van der Waals surface area contributed by atoms with E-state index in [4.69, 9.17) is 4.42 Å². The van der Waals surface area contributed by atoms with Crippen molar-refractivity contribution in [3.63, 3.8) is 0 Å². The average molecular weight is 295 g/mol. The maximum atomic E-state index is 12.0. The van der Waals surface area contributed by atoms with Crippen LogP contribution in [0.15, 0.2) is 4.42 Å². The number of carbonyl (C=O) groups excluding carboxylic acids is 2. The molecule has 0 saturated carbocycles. The molecule has 2 N–H and O–H groups in total. The fourth-order valence-electron chi connectivity index (χ4n) is 2.11.